The number of nitrogens with one attached hydrogen (secondary N) is 2. The van der Waals surface area contributed by atoms with E-state index in [-0.39, 0.29) is 11.4 Å². The molecule has 0 saturated heterocycles. The topological polar surface area (TPSA) is 76.1 Å². The second-order valence-electron chi connectivity index (χ2n) is 6.72. The van der Waals surface area contributed by atoms with Crippen LogP contribution in [0.3, 0.4) is 0 Å². The molecule has 3 rings (SSSR count). The molecule has 0 aliphatic heterocycles. The monoisotopic (exact) mass is 412 g/mol. The van der Waals surface area contributed by atoms with E-state index in [1.54, 1.807) is 19.1 Å². The molecule has 0 fully saturated rings. The van der Waals surface area contributed by atoms with Gasteiger partial charge in [-0.05, 0) is 66.4 Å². The molecule has 0 saturated carbocycles. The number of rotatable bonds is 7. The third kappa shape index (κ3) is 5.07. The molecule has 150 valence electrons. The fourth-order valence-electron chi connectivity index (χ4n) is 3.18. The van der Waals surface area contributed by atoms with Gasteiger partial charge in [0.1, 0.15) is 11.6 Å². The maximum Gasteiger partial charge on any atom is 0.146 e. The van der Waals surface area contributed by atoms with Crippen molar-refractivity contribution in [2.24, 2.45) is 10.9 Å². The summed E-state index contributed by atoms with van der Waals surface area (Å²) in [6.07, 6.45) is 0.416. The fraction of sp³-hybridized carbons (Fsp3) is 0.0909. The third-order valence-electron chi connectivity index (χ3n) is 4.40. The van der Waals surface area contributed by atoms with Crippen molar-refractivity contribution in [2.45, 2.75) is 13.3 Å². The zero-order valence-corrected chi connectivity index (χ0v) is 16.7. The Labute approximate surface area is 173 Å². The summed E-state index contributed by atoms with van der Waals surface area (Å²) in [4.78, 5) is 0. The minimum Gasteiger partial charge on any atom is -0.399 e. The second kappa shape index (κ2) is 8.98. The minimum absolute atomic E-state index is 0.237. The number of hydrogen-bond donors (Lipinski definition) is 4. The van der Waals surface area contributed by atoms with Crippen molar-refractivity contribution in [3.05, 3.63) is 95.1 Å². The largest absolute Gasteiger partial charge is 0.399 e. The predicted octanol–water partition coefficient (Wildman–Crippen LogP) is 5.47. The maximum absolute atomic E-state index is 14.4. The zero-order chi connectivity index (χ0) is 21.0. The SMILES string of the molecule is C=C(N)c1c(Cc2cccc(NSN)c2)cc(F)cc1Nc1ccc(C)cc1F. The van der Waals surface area contributed by atoms with Crippen LogP contribution in [0.1, 0.15) is 22.3 Å². The van der Waals surface area contributed by atoms with Crippen LogP contribution in [0.15, 0.2) is 61.2 Å². The van der Waals surface area contributed by atoms with Crippen molar-refractivity contribution in [3.8, 4) is 0 Å². The van der Waals surface area contributed by atoms with Gasteiger partial charge < -0.3 is 15.8 Å². The molecule has 0 radical (unpaired) electrons. The van der Waals surface area contributed by atoms with Gasteiger partial charge in [0.05, 0.1) is 11.4 Å². The van der Waals surface area contributed by atoms with Crippen molar-refractivity contribution in [3.63, 3.8) is 0 Å². The Hall–Kier alpha value is -3.03. The van der Waals surface area contributed by atoms with Crippen molar-refractivity contribution in [2.75, 3.05) is 10.0 Å². The highest BCUT2D eigenvalue weighted by molar-refractivity contribution is 7.98. The van der Waals surface area contributed by atoms with Crippen LogP contribution in [0.5, 0.6) is 0 Å². The number of anilines is 3. The molecule has 3 aromatic carbocycles. The molecule has 0 heterocycles. The first kappa shape index (κ1) is 20.7. The zero-order valence-electron chi connectivity index (χ0n) is 15.9. The van der Waals surface area contributed by atoms with Gasteiger partial charge in [0.15, 0.2) is 0 Å². The fourth-order valence-corrected chi connectivity index (χ4v) is 3.44. The number of hydrogen-bond acceptors (Lipinski definition) is 5. The first-order chi connectivity index (χ1) is 13.9. The first-order valence-corrected chi connectivity index (χ1v) is 9.76. The summed E-state index contributed by atoms with van der Waals surface area (Å²) in [7, 11) is 0. The first-order valence-electron chi connectivity index (χ1n) is 8.88. The van der Waals surface area contributed by atoms with E-state index in [1.807, 2.05) is 24.3 Å². The van der Waals surface area contributed by atoms with Crippen LogP contribution in [0.25, 0.3) is 5.70 Å². The van der Waals surface area contributed by atoms with Crippen LogP contribution in [-0.2, 0) is 6.42 Å². The van der Waals surface area contributed by atoms with E-state index < -0.39 is 11.6 Å². The van der Waals surface area contributed by atoms with E-state index in [4.69, 9.17) is 10.9 Å². The van der Waals surface area contributed by atoms with Gasteiger partial charge in [0, 0.05) is 29.1 Å². The van der Waals surface area contributed by atoms with Crippen LogP contribution < -0.4 is 20.9 Å². The van der Waals surface area contributed by atoms with Crippen LogP contribution in [0.2, 0.25) is 0 Å². The lowest BCUT2D eigenvalue weighted by Crippen LogP contribution is -2.07. The summed E-state index contributed by atoms with van der Waals surface area (Å²) in [6, 6.07) is 15.1. The van der Waals surface area contributed by atoms with Gasteiger partial charge in [-0.25, -0.2) is 8.78 Å². The van der Waals surface area contributed by atoms with E-state index in [0.717, 1.165) is 28.9 Å². The second-order valence-corrected chi connectivity index (χ2v) is 7.16. The molecule has 0 aliphatic rings. The molecule has 0 unspecified atom stereocenters. The maximum atomic E-state index is 14.4. The Kier molecular flexibility index (Phi) is 6.41. The lowest BCUT2D eigenvalue weighted by Gasteiger charge is -2.18. The number of benzene rings is 3. The summed E-state index contributed by atoms with van der Waals surface area (Å²) >= 11 is 0.997. The predicted molar refractivity (Wildman–Crippen MR) is 119 cm³/mol. The van der Waals surface area contributed by atoms with Crippen LogP contribution >= 0.6 is 12.1 Å². The highest BCUT2D eigenvalue weighted by Crippen LogP contribution is 2.32. The highest BCUT2D eigenvalue weighted by atomic mass is 32.2. The minimum atomic E-state index is -0.452. The van der Waals surface area contributed by atoms with Crippen molar-refractivity contribution >= 4 is 34.9 Å². The van der Waals surface area contributed by atoms with Crippen LogP contribution in [0, 0.1) is 18.6 Å². The van der Waals surface area contributed by atoms with Gasteiger partial charge in [-0.2, -0.15) is 0 Å². The standard InChI is InChI=1S/C22H22F2N4S/c1-13-6-7-20(19(24)8-13)27-21-12-17(23)11-16(22(21)14(2)25)9-15-4-3-5-18(10-15)28-29-26/h3-8,10-12,27-28H,2,9,25-26H2,1H3. The van der Waals surface area contributed by atoms with E-state index >= 15 is 0 Å². The molecule has 0 aliphatic carbocycles. The van der Waals surface area contributed by atoms with Crippen LogP contribution in [0.4, 0.5) is 25.8 Å². The normalized spacial score (nSPS) is 10.6. The molecule has 7 heteroatoms. The van der Waals surface area contributed by atoms with Gasteiger partial charge in [-0.3, -0.25) is 5.14 Å². The molecule has 0 spiro atoms. The Morgan fingerprint density at radius 2 is 1.86 bits per heavy atom. The highest BCUT2D eigenvalue weighted by Gasteiger charge is 2.15. The smallest absolute Gasteiger partial charge is 0.146 e. The molecule has 4 nitrogen and oxygen atoms in total. The Morgan fingerprint density at radius 3 is 2.55 bits per heavy atom. The van der Waals surface area contributed by atoms with Gasteiger partial charge in [0.25, 0.3) is 0 Å². The third-order valence-corrected chi connectivity index (χ3v) is 4.75. The van der Waals surface area contributed by atoms with E-state index in [2.05, 4.69) is 16.6 Å². The summed E-state index contributed by atoms with van der Waals surface area (Å²) in [5, 5.41) is 8.41. The molecule has 0 bridgehead atoms. The van der Waals surface area contributed by atoms with Gasteiger partial charge in [-0.1, -0.05) is 24.8 Å². The summed E-state index contributed by atoms with van der Waals surface area (Å²) < 4.78 is 31.7. The van der Waals surface area contributed by atoms with Gasteiger partial charge >= 0.3 is 0 Å². The molecule has 0 aromatic heterocycles. The molecule has 29 heavy (non-hydrogen) atoms. The average Bonchev–Trinajstić information content (AvgIpc) is 2.64. The molecule has 0 amide bonds. The Morgan fingerprint density at radius 1 is 1.07 bits per heavy atom. The average molecular weight is 413 g/mol. The Bertz CT molecular complexity index is 1050. The molecule has 0 atom stereocenters. The van der Waals surface area contributed by atoms with E-state index in [9.17, 15) is 8.78 Å². The number of halogens is 2. The summed E-state index contributed by atoms with van der Waals surface area (Å²) in [5.41, 5.74) is 10.7. The quantitative estimate of drug-likeness (QED) is 0.387. The van der Waals surface area contributed by atoms with Crippen molar-refractivity contribution in [1.29, 1.82) is 0 Å². The van der Waals surface area contributed by atoms with Crippen molar-refractivity contribution < 1.29 is 8.78 Å². The summed E-state index contributed by atoms with van der Waals surface area (Å²) in [5.74, 6) is -0.880. The van der Waals surface area contributed by atoms with E-state index in [0.29, 0.717) is 23.2 Å². The van der Waals surface area contributed by atoms with Gasteiger partial charge in [0.2, 0.25) is 0 Å². The number of nitrogens with two attached hydrogens (primary N) is 2. The molecular formula is C22H22F2N4S. The lowest BCUT2D eigenvalue weighted by molar-refractivity contribution is 0.625. The Balaban J connectivity index is 2.01. The van der Waals surface area contributed by atoms with Gasteiger partial charge in [-0.15, -0.1) is 0 Å². The molecular weight excluding hydrogens is 390 g/mol. The van der Waals surface area contributed by atoms with Crippen LogP contribution in [-0.4, -0.2) is 0 Å². The van der Waals surface area contributed by atoms with Crippen molar-refractivity contribution in [1.82, 2.24) is 0 Å². The van der Waals surface area contributed by atoms with E-state index in [1.165, 1.54) is 18.2 Å². The summed E-state index contributed by atoms with van der Waals surface area (Å²) in [6.45, 7) is 5.63. The molecule has 3 aromatic rings. The molecule has 6 N–H and O–H groups in total. The number of aryl methyl sites for hydroxylation is 1. The lowest BCUT2D eigenvalue weighted by atomic mass is 9.96.